The van der Waals surface area contributed by atoms with Crippen LogP contribution in [0.4, 0.5) is 0 Å². The van der Waals surface area contributed by atoms with Crippen LogP contribution in [0.25, 0.3) is 0 Å². The van der Waals surface area contributed by atoms with E-state index in [1.807, 2.05) is 6.07 Å². The summed E-state index contributed by atoms with van der Waals surface area (Å²) in [4.78, 5) is 29.3. The minimum atomic E-state index is -0.378. The Morgan fingerprint density at radius 2 is 1.41 bits per heavy atom. The second kappa shape index (κ2) is 9.36. The highest BCUT2D eigenvalue weighted by molar-refractivity contribution is 6.42. The molecule has 0 aliphatic carbocycles. The highest BCUT2D eigenvalue weighted by Crippen LogP contribution is 2.32. The molecule has 2 saturated heterocycles. The summed E-state index contributed by atoms with van der Waals surface area (Å²) in [7, 11) is 0. The fraction of sp³-hybridized carbons (Fsp3) is 0.440. The predicted molar refractivity (Wildman–Crippen MR) is 115 cm³/mol. The van der Waals surface area contributed by atoms with E-state index in [2.05, 4.69) is 35.2 Å². The molecule has 4 heteroatoms. The van der Waals surface area contributed by atoms with Gasteiger partial charge in [-0.2, -0.15) is 0 Å². The Kier molecular flexibility index (Phi) is 6.40. The van der Waals surface area contributed by atoms with Gasteiger partial charge < -0.3 is 9.80 Å². The van der Waals surface area contributed by atoms with Gasteiger partial charge in [0.05, 0.1) is 0 Å². The number of hydrogen-bond acceptors (Lipinski definition) is 3. The molecule has 29 heavy (non-hydrogen) atoms. The first-order chi connectivity index (χ1) is 14.2. The number of rotatable bonds is 6. The lowest BCUT2D eigenvalue weighted by molar-refractivity contribution is -0.128. The third-order valence-corrected chi connectivity index (χ3v) is 6.59. The molecule has 4 rings (SSSR count). The predicted octanol–water partition coefficient (Wildman–Crippen LogP) is 3.67. The lowest BCUT2D eigenvalue weighted by Gasteiger charge is -2.34. The van der Waals surface area contributed by atoms with Gasteiger partial charge in [0, 0.05) is 31.7 Å². The monoisotopic (exact) mass is 390 g/mol. The standard InChI is InChI=1S/C25H30N2O2/c28-24(22-9-5-2-6-10-22)25(29)27-17-13-21(14-18-27)23-12-16-26(19-23)15-11-20-7-3-1-4-8-20/h1-10,21,23H,11-19H2/t23-/m1/s1. The third kappa shape index (κ3) is 4.94. The molecule has 0 aromatic heterocycles. The van der Waals surface area contributed by atoms with Gasteiger partial charge in [-0.25, -0.2) is 0 Å². The zero-order valence-corrected chi connectivity index (χ0v) is 17.0. The fourth-order valence-electron chi connectivity index (χ4n) is 4.81. The Morgan fingerprint density at radius 1 is 0.793 bits per heavy atom. The van der Waals surface area contributed by atoms with Crippen LogP contribution in [0.2, 0.25) is 0 Å². The van der Waals surface area contributed by atoms with E-state index in [1.165, 1.54) is 25.1 Å². The average molecular weight is 391 g/mol. The zero-order chi connectivity index (χ0) is 20.1. The molecule has 0 unspecified atom stereocenters. The minimum Gasteiger partial charge on any atom is -0.336 e. The second-order valence-electron chi connectivity index (χ2n) is 8.41. The van der Waals surface area contributed by atoms with Crippen LogP contribution in [0.3, 0.4) is 0 Å². The Morgan fingerprint density at radius 3 is 2.10 bits per heavy atom. The van der Waals surface area contributed by atoms with Gasteiger partial charge in [0.1, 0.15) is 0 Å². The SMILES string of the molecule is O=C(C(=O)N1CCC([C@@H]2CCN(CCc3ccccc3)C2)CC1)c1ccccc1. The molecule has 0 radical (unpaired) electrons. The lowest BCUT2D eigenvalue weighted by atomic mass is 9.83. The normalized spacial score (nSPS) is 20.7. The van der Waals surface area contributed by atoms with E-state index < -0.39 is 0 Å². The van der Waals surface area contributed by atoms with E-state index >= 15 is 0 Å². The number of hydrogen-bond donors (Lipinski definition) is 0. The van der Waals surface area contributed by atoms with Gasteiger partial charge in [-0.1, -0.05) is 60.7 Å². The van der Waals surface area contributed by atoms with Crippen molar-refractivity contribution in [2.45, 2.75) is 25.7 Å². The molecule has 4 nitrogen and oxygen atoms in total. The van der Waals surface area contributed by atoms with E-state index in [9.17, 15) is 9.59 Å². The molecule has 0 bridgehead atoms. The Balaban J connectivity index is 1.23. The maximum atomic E-state index is 12.6. The van der Waals surface area contributed by atoms with E-state index in [4.69, 9.17) is 0 Å². The molecule has 152 valence electrons. The molecule has 1 amide bonds. The summed E-state index contributed by atoms with van der Waals surface area (Å²) in [5.74, 6) is 0.683. The van der Waals surface area contributed by atoms with Gasteiger partial charge >= 0.3 is 0 Å². The van der Waals surface area contributed by atoms with Crippen LogP contribution in [0.5, 0.6) is 0 Å². The van der Waals surface area contributed by atoms with Gasteiger partial charge in [-0.15, -0.1) is 0 Å². The summed E-state index contributed by atoms with van der Waals surface area (Å²) in [6, 6.07) is 19.6. The van der Waals surface area contributed by atoms with Crippen LogP contribution < -0.4 is 0 Å². The number of likely N-dealkylation sites (tertiary alicyclic amines) is 2. The van der Waals surface area contributed by atoms with Crippen molar-refractivity contribution in [2.75, 3.05) is 32.7 Å². The average Bonchev–Trinajstić information content (AvgIpc) is 3.27. The Labute approximate surface area is 173 Å². The molecule has 2 heterocycles. The van der Waals surface area contributed by atoms with E-state index in [0.717, 1.165) is 31.7 Å². The summed E-state index contributed by atoms with van der Waals surface area (Å²) in [5, 5.41) is 0. The van der Waals surface area contributed by atoms with Crippen molar-refractivity contribution >= 4 is 11.7 Å². The first kappa shape index (κ1) is 19.8. The summed E-state index contributed by atoms with van der Waals surface area (Å²) in [5.41, 5.74) is 1.90. The second-order valence-corrected chi connectivity index (χ2v) is 8.41. The van der Waals surface area contributed by atoms with Gasteiger partial charge in [-0.05, 0) is 49.6 Å². The maximum absolute atomic E-state index is 12.6. The van der Waals surface area contributed by atoms with Gasteiger partial charge in [0.15, 0.2) is 0 Å². The van der Waals surface area contributed by atoms with Gasteiger partial charge in [-0.3, -0.25) is 9.59 Å². The number of benzene rings is 2. The topological polar surface area (TPSA) is 40.6 Å². The molecule has 2 aromatic rings. The highest BCUT2D eigenvalue weighted by Gasteiger charge is 2.34. The van der Waals surface area contributed by atoms with E-state index in [-0.39, 0.29) is 11.7 Å². The van der Waals surface area contributed by atoms with Crippen molar-refractivity contribution in [3.05, 3.63) is 71.8 Å². The molecular weight excluding hydrogens is 360 g/mol. The zero-order valence-electron chi connectivity index (χ0n) is 17.0. The number of amides is 1. The molecule has 0 spiro atoms. The third-order valence-electron chi connectivity index (χ3n) is 6.59. The van der Waals surface area contributed by atoms with Crippen LogP contribution in [-0.2, 0) is 11.2 Å². The largest absolute Gasteiger partial charge is 0.336 e. The molecule has 1 atom stereocenters. The maximum Gasteiger partial charge on any atom is 0.294 e. The van der Waals surface area contributed by atoms with Crippen molar-refractivity contribution in [2.24, 2.45) is 11.8 Å². The molecule has 0 N–H and O–H groups in total. The van der Waals surface area contributed by atoms with Crippen LogP contribution in [-0.4, -0.2) is 54.2 Å². The van der Waals surface area contributed by atoms with Crippen LogP contribution in [0.1, 0.15) is 35.2 Å². The molecule has 2 aliphatic heterocycles. The number of ketones is 1. The van der Waals surface area contributed by atoms with Crippen LogP contribution >= 0.6 is 0 Å². The van der Waals surface area contributed by atoms with Crippen molar-refractivity contribution in [3.8, 4) is 0 Å². The summed E-state index contributed by atoms with van der Waals surface area (Å²) >= 11 is 0. The first-order valence-corrected chi connectivity index (χ1v) is 10.9. The van der Waals surface area contributed by atoms with Crippen molar-refractivity contribution in [1.82, 2.24) is 9.80 Å². The molecule has 2 fully saturated rings. The summed E-state index contributed by atoms with van der Waals surface area (Å²) in [6.45, 7) is 4.91. The van der Waals surface area contributed by atoms with Crippen LogP contribution in [0.15, 0.2) is 60.7 Å². The Bertz CT molecular complexity index is 813. The fourth-order valence-corrected chi connectivity index (χ4v) is 4.81. The number of piperidine rings is 1. The van der Waals surface area contributed by atoms with E-state index in [1.54, 1.807) is 29.2 Å². The van der Waals surface area contributed by atoms with Crippen molar-refractivity contribution in [1.29, 1.82) is 0 Å². The molecule has 2 aromatic carbocycles. The van der Waals surface area contributed by atoms with Gasteiger partial charge in [0.25, 0.3) is 5.91 Å². The minimum absolute atomic E-state index is 0.342. The van der Waals surface area contributed by atoms with Crippen molar-refractivity contribution in [3.63, 3.8) is 0 Å². The highest BCUT2D eigenvalue weighted by atomic mass is 16.2. The molecular formula is C25H30N2O2. The Hall–Kier alpha value is -2.46. The molecule has 2 aliphatic rings. The summed E-state index contributed by atoms with van der Waals surface area (Å²) < 4.78 is 0. The van der Waals surface area contributed by atoms with Crippen molar-refractivity contribution < 1.29 is 9.59 Å². The smallest absolute Gasteiger partial charge is 0.294 e. The molecule has 0 saturated carbocycles. The number of carbonyl (C=O) groups excluding carboxylic acids is 2. The number of nitrogens with zero attached hydrogens (tertiary/aromatic N) is 2. The quantitative estimate of drug-likeness (QED) is 0.558. The number of Topliss-reactive ketones (excluding diaryl/α,β-unsaturated/α-hetero) is 1. The van der Waals surface area contributed by atoms with Gasteiger partial charge in [0.2, 0.25) is 5.78 Å². The summed E-state index contributed by atoms with van der Waals surface area (Å²) in [6.07, 6.45) is 4.41. The lowest BCUT2D eigenvalue weighted by Crippen LogP contribution is -2.43. The van der Waals surface area contributed by atoms with E-state index in [0.29, 0.717) is 24.6 Å². The number of carbonyl (C=O) groups is 2. The van der Waals surface area contributed by atoms with Crippen LogP contribution in [0, 0.1) is 11.8 Å². The first-order valence-electron chi connectivity index (χ1n) is 10.9.